The van der Waals surface area contributed by atoms with E-state index in [1.54, 1.807) is 20.8 Å². The fraction of sp³-hybridized carbons (Fsp3) is 0.619. The maximum absolute atomic E-state index is 12.2. The Labute approximate surface area is 180 Å². The van der Waals surface area contributed by atoms with Gasteiger partial charge in [0.2, 0.25) is 0 Å². The molecule has 1 amide bonds. The van der Waals surface area contributed by atoms with Gasteiger partial charge in [0.25, 0.3) is 0 Å². The van der Waals surface area contributed by atoms with Crippen molar-refractivity contribution in [2.24, 2.45) is 11.8 Å². The molecule has 1 aromatic rings. The molecule has 0 aliphatic carbocycles. The second-order valence-electron chi connectivity index (χ2n) is 8.41. The SMILES string of the molecule is CC(C)C[C@H](C[C@@H](O)[C@H](Cc1ccccc1)NC(=O)OC(C)(C)C)C(=O)O.[LiH]. The molecule has 1 rings (SSSR count). The van der Waals surface area contributed by atoms with E-state index in [0.717, 1.165) is 5.56 Å². The third kappa shape index (κ3) is 10.7. The average molecular weight is 387 g/mol. The number of carboxylic acid groups (broad SMARTS) is 1. The molecule has 0 aliphatic rings. The number of aliphatic carboxylic acids is 1. The molecule has 0 saturated carbocycles. The quantitative estimate of drug-likeness (QED) is 0.566. The molecule has 154 valence electrons. The van der Waals surface area contributed by atoms with Crippen LogP contribution in [-0.2, 0) is 16.0 Å². The first-order chi connectivity index (χ1) is 12.5. The van der Waals surface area contributed by atoms with Gasteiger partial charge in [-0.25, -0.2) is 4.79 Å². The molecule has 0 radical (unpaired) electrons. The first-order valence-electron chi connectivity index (χ1n) is 9.42. The van der Waals surface area contributed by atoms with Crippen molar-refractivity contribution in [3.8, 4) is 0 Å². The van der Waals surface area contributed by atoms with E-state index in [1.165, 1.54) is 0 Å². The Hall–Kier alpha value is -1.48. The zero-order chi connectivity index (χ0) is 20.6. The van der Waals surface area contributed by atoms with Crippen molar-refractivity contribution in [2.45, 2.75) is 71.6 Å². The van der Waals surface area contributed by atoms with Crippen LogP contribution in [0.1, 0.15) is 53.0 Å². The molecule has 6 nitrogen and oxygen atoms in total. The zero-order valence-corrected chi connectivity index (χ0v) is 16.9. The van der Waals surface area contributed by atoms with Crippen molar-refractivity contribution in [2.75, 3.05) is 0 Å². The summed E-state index contributed by atoms with van der Waals surface area (Å²) in [6.07, 6.45) is -0.705. The number of hydrogen-bond acceptors (Lipinski definition) is 4. The Balaban J connectivity index is 0.00000729. The molecular weight excluding hydrogens is 353 g/mol. The minimum absolute atomic E-state index is 0. The number of carbonyl (C=O) groups is 2. The van der Waals surface area contributed by atoms with Crippen LogP contribution in [0.3, 0.4) is 0 Å². The van der Waals surface area contributed by atoms with Crippen LogP contribution in [0.15, 0.2) is 30.3 Å². The van der Waals surface area contributed by atoms with Crippen LogP contribution >= 0.6 is 0 Å². The van der Waals surface area contributed by atoms with E-state index in [9.17, 15) is 19.8 Å². The minimum atomic E-state index is -1.00. The van der Waals surface area contributed by atoms with Gasteiger partial charge in [-0.1, -0.05) is 44.2 Å². The molecule has 0 heterocycles. The maximum atomic E-state index is 12.2. The summed E-state index contributed by atoms with van der Waals surface area (Å²) in [5.74, 6) is -1.40. The number of hydrogen-bond donors (Lipinski definition) is 3. The molecule has 3 N–H and O–H groups in total. The third-order valence-electron chi connectivity index (χ3n) is 4.10. The van der Waals surface area contributed by atoms with Crippen molar-refractivity contribution in [3.63, 3.8) is 0 Å². The van der Waals surface area contributed by atoms with E-state index in [0.29, 0.717) is 12.8 Å². The molecule has 0 aliphatic heterocycles. The predicted molar refractivity (Wildman–Crippen MR) is 112 cm³/mol. The molecule has 7 heteroatoms. The van der Waals surface area contributed by atoms with Crippen molar-refractivity contribution in [1.29, 1.82) is 0 Å². The molecule has 0 fully saturated rings. The van der Waals surface area contributed by atoms with E-state index in [4.69, 9.17) is 4.74 Å². The summed E-state index contributed by atoms with van der Waals surface area (Å²) < 4.78 is 5.30. The van der Waals surface area contributed by atoms with Gasteiger partial charge in [-0.15, -0.1) is 0 Å². The number of carbonyl (C=O) groups excluding carboxylic acids is 1. The van der Waals surface area contributed by atoms with Crippen LogP contribution in [0.5, 0.6) is 0 Å². The molecule has 0 unspecified atom stereocenters. The third-order valence-corrected chi connectivity index (χ3v) is 4.10. The first-order valence-corrected chi connectivity index (χ1v) is 9.42. The summed E-state index contributed by atoms with van der Waals surface area (Å²) in [5.41, 5.74) is 0.279. The van der Waals surface area contributed by atoms with Gasteiger partial charge in [-0.05, 0) is 51.5 Å². The van der Waals surface area contributed by atoms with Gasteiger partial charge >= 0.3 is 30.9 Å². The number of amides is 1. The molecule has 28 heavy (non-hydrogen) atoms. The van der Waals surface area contributed by atoms with Crippen molar-refractivity contribution in [1.82, 2.24) is 5.32 Å². The van der Waals surface area contributed by atoms with Crippen LogP contribution < -0.4 is 5.32 Å². The Morgan fingerprint density at radius 2 is 1.68 bits per heavy atom. The van der Waals surface area contributed by atoms with E-state index in [2.05, 4.69) is 5.32 Å². The van der Waals surface area contributed by atoms with Crippen LogP contribution in [0.2, 0.25) is 0 Å². The number of alkyl carbamates (subject to hydrolysis) is 1. The fourth-order valence-electron chi connectivity index (χ4n) is 2.93. The number of rotatable bonds is 9. The van der Waals surface area contributed by atoms with Gasteiger partial charge in [0.1, 0.15) is 5.60 Å². The van der Waals surface area contributed by atoms with E-state index in [-0.39, 0.29) is 31.2 Å². The summed E-state index contributed by atoms with van der Waals surface area (Å²) in [5, 5.41) is 22.9. The van der Waals surface area contributed by atoms with Gasteiger partial charge in [0.05, 0.1) is 18.1 Å². The molecule has 1 aromatic carbocycles. The Morgan fingerprint density at radius 1 is 1.11 bits per heavy atom. The molecule has 0 bridgehead atoms. The fourth-order valence-corrected chi connectivity index (χ4v) is 2.93. The standard InChI is InChI=1S/C21H33NO5.Li.H/c1-14(2)11-16(19(24)25)13-18(23)17(12-15-9-7-6-8-10-15)22-20(26)27-21(3,4)5;;/h6-10,14,16-18,23H,11-13H2,1-5H3,(H,22,26)(H,24,25);;/t16-,17+,18-;;/m1../s1. The second-order valence-corrected chi connectivity index (χ2v) is 8.41. The van der Waals surface area contributed by atoms with Gasteiger partial charge in [-0.3, -0.25) is 4.79 Å². The zero-order valence-electron chi connectivity index (χ0n) is 16.9. The summed E-state index contributed by atoms with van der Waals surface area (Å²) in [7, 11) is 0. The van der Waals surface area contributed by atoms with Crippen molar-refractivity contribution in [3.05, 3.63) is 35.9 Å². The van der Waals surface area contributed by atoms with E-state index >= 15 is 0 Å². The number of ether oxygens (including phenoxy) is 1. The number of nitrogens with one attached hydrogen (secondary N) is 1. The second kappa shape index (κ2) is 12.2. The van der Waals surface area contributed by atoms with Crippen molar-refractivity contribution < 1.29 is 24.5 Å². The molecule has 0 aromatic heterocycles. The Morgan fingerprint density at radius 3 is 2.14 bits per heavy atom. The average Bonchev–Trinajstić information content (AvgIpc) is 2.52. The monoisotopic (exact) mass is 387 g/mol. The number of aliphatic hydroxyl groups is 1. The van der Waals surface area contributed by atoms with Gasteiger partial charge < -0.3 is 20.3 Å². The number of carboxylic acids is 1. The number of benzene rings is 1. The first kappa shape index (κ1) is 26.5. The molecule has 3 atom stereocenters. The predicted octanol–water partition coefficient (Wildman–Crippen LogP) is 2.97. The van der Waals surface area contributed by atoms with Crippen molar-refractivity contribution >= 4 is 30.9 Å². The summed E-state index contributed by atoms with van der Waals surface area (Å²) in [4.78, 5) is 23.7. The summed E-state index contributed by atoms with van der Waals surface area (Å²) >= 11 is 0. The molecular formula is C21H34LiNO5. The Bertz CT molecular complexity index is 601. The normalized spacial score (nSPS) is 14.5. The van der Waals surface area contributed by atoms with Gasteiger partial charge in [-0.2, -0.15) is 0 Å². The van der Waals surface area contributed by atoms with E-state index in [1.807, 2.05) is 44.2 Å². The Kier molecular flexibility index (Phi) is 11.5. The van der Waals surface area contributed by atoms with Gasteiger partial charge in [0, 0.05) is 0 Å². The summed E-state index contributed by atoms with van der Waals surface area (Å²) in [6.45, 7) is 9.18. The van der Waals surface area contributed by atoms with Crippen LogP contribution in [0.4, 0.5) is 4.79 Å². The van der Waals surface area contributed by atoms with Crippen LogP contribution in [-0.4, -0.2) is 58.9 Å². The van der Waals surface area contributed by atoms with E-state index < -0.39 is 35.7 Å². The van der Waals surface area contributed by atoms with Crippen LogP contribution in [0.25, 0.3) is 0 Å². The van der Waals surface area contributed by atoms with Crippen LogP contribution in [0, 0.1) is 11.8 Å². The summed E-state index contributed by atoms with van der Waals surface area (Å²) in [6, 6.07) is 8.81. The molecule has 0 saturated heterocycles. The topological polar surface area (TPSA) is 95.9 Å². The molecule has 0 spiro atoms. The van der Waals surface area contributed by atoms with Gasteiger partial charge in [0.15, 0.2) is 0 Å². The number of aliphatic hydroxyl groups excluding tert-OH is 1.